The maximum Gasteiger partial charge on any atom is 0.131 e. The summed E-state index contributed by atoms with van der Waals surface area (Å²) in [5, 5.41) is 20.5. The quantitative estimate of drug-likeness (QED) is 0.733. The van der Waals surface area contributed by atoms with Gasteiger partial charge in [-0.25, -0.2) is 0 Å². The second kappa shape index (κ2) is 7.46. The Morgan fingerprint density at radius 3 is 2.70 bits per heavy atom. The Morgan fingerprint density at radius 1 is 1.19 bits per heavy atom. The standard InChI is InChI=1S/C20H24ClN5O/c1-3-17-16(20(21)24(2)22-17)13-25-9-10-26-15(12-25)11-18(23-26)19(27)14-7-5-4-6-8-14/h4-8,11,19,27H,3,9-10,12-13H2,1-2H3/t19-/m1/s1. The first kappa shape index (κ1) is 18.2. The minimum Gasteiger partial charge on any atom is -0.382 e. The van der Waals surface area contributed by atoms with Gasteiger partial charge in [0.05, 0.1) is 23.6 Å². The van der Waals surface area contributed by atoms with Crippen LogP contribution < -0.4 is 0 Å². The summed E-state index contributed by atoms with van der Waals surface area (Å²) in [7, 11) is 1.88. The second-order valence-corrected chi connectivity index (χ2v) is 7.36. The molecule has 2 aromatic heterocycles. The van der Waals surface area contributed by atoms with Gasteiger partial charge in [-0.3, -0.25) is 14.3 Å². The smallest absolute Gasteiger partial charge is 0.131 e. The third-order valence-corrected chi connectivity index (χ3v) is 5.63. The van der Waals surface area contributed by atoms with Crippen molar-refractivity contribution in [2.45, 2.75) is 39.1 Å². The van der Waals surface area contributed by atoms with E-state index >= 15 is 0 Å². The summed E-state index contributed by atoms with van der Waals surface area (Å²) < 4.78 is 3.75. The molecule has 1 aliphatic heterocycles. The second-order valence-electron chi connectivity index (χ2n) is 7.00. The molecule has 0 saturated carbocycles. The number of hydrogen-bond acceptors (Lipinski definition) is 4. The first-order chi connectivity index (χ1) is 13.1. The zero-order chi connectivity index (χ0) is 19.0. The van der Waals surface area contributed by atoms with Crippen molar-refractivity contribution in [2.75, 3.05) is 6.54 Å². The average Bonchev–Trinajstić information content (AvgIpc) is 3.24. The van der Waals surface area contributed by atoms with Gasteiger partial charge in [0.15, 0.2) is 0 Å². The highest BCUT2D eigenvalue weighted by molar-refractivity contribution is 6.30. The molecule has 0 fully saturated rings. The maximum atomic E-state index is 10.6. The molecule has 4 rings (SSSR count). The van der Waals surface area contributed by atoms with Gasteiger partial charge in [-0.05, 0) is 18.1 Å². The van der Waals surface area contributed by atoms with Crippen LogP contribution in [-0.2, 0) is 33.1 Å². The third kappa shape index (κ3) is 3.52. The molecule has 27 heavy (non-hydrogen) atoms. The zero-order valence-corrected chi connectivity index (χ0v) is 16.4. The highest BCUT2D eigenvalue weighted by atomic mass is 35.5. The van der Waals surface area contributed by atoms with E-state index in [1.807, 2.05) is 48.1 Å². The number of fused-ring (bicyclic) bond motifs is 1. The number of rotatable bonds is 5. The number of nitrogens with zero attached hydrogens (tertiary/aromatic N) is 5. The van der Waals surface area contributed by atoms with Gasteiger partial charge in [0.2, 0.25) is 0 Å². The lowest BCUT2D eigenvalue weighted by Crippen LogP contribution is -2.33. The van der Waals surface area contributed by atoms with Crippen molar-refractivity contribution in [3.8, 4) is 0 Å². The Bertz CT molecular complexity index is 934. The van der Waals surface area contributed by atoms with Crippen molar-refractivity contribution in [1.29, 1.82) is 0 Å². The number of aromatic nitrogens is 4. The van der Waals surface area contributed by atoms with Crippen molar-refractivity contribution >= 4 is 11.6 Å². The first-order valence-corrected chi connectivity index (χ1v) is 9.66. The summed E-state index contributed by atoms with van der Waals surface area (Å²) in [5.74, 6) is 0. The molecule has 0 unspecified atom stereocenters. The van der Waals surface area contributed by atoms with Crippen LogP contribution in [0.4, 0.5) is 0 Å². The van der Waals surface area contributed by atoms with Gasteiger partial charge in [0, 0.05) is 32.2 Å². The van der Waals surface area contributed by atoms with E-state index in [2.05, 4.69) is 22.0 Å². The molecule has 0 saturated heterocycles. The van der Waals surface area contributed by atoms with E-state index in [1.54, 1.807) is 4.68 Å². The third-order valence-electron chi connectivity index (χ3n) is 5.16. The fourth-order valence-electron chi connectivity index (χ4n) is 3.68. The molecule has 142 valence electrons. The molecule has 0 spiro atoms. The van der Waals surface area contributed by atoms with E-state index in [4.69, 9.17) is 11.6 Å². The maximum absolute atomic E-state index is 10.6. The number of benzene rings is 1. The van der Waals surface area contributed by atoms with Crippen LogP contribution in [-0.4, -0.2) is 36.1 Å². The topological polar surface area (TPSA) is 59.1 Å². The molecule has 0 amide bonds. The lowest BCUT2D eigenvalue weighted by molar-refractivity contribution is 0.200. The van der Waals surface area contributed by atoms with E-state index in [0.29, 0.717) is 10.8 Å². The molecule has 1 atom stereocenters. The Kier molecular flexibility index (Phi) is 5.04. The largest absolute Gasteiger partial charge is 0.382 e. The van der Waals surface area contributed by atoms with Crippen molar-refractivity contribution in [3.63, 3.8) is 0 Å². The number of halogens is 1. The van der Waals surface area contributed by atoms with Crippen LogP contribution in [0.15, 0.2) is 36.4 Å². The monoisotopic (exact) mass is 385 g/mol. The highest BCUT2D eigenvalue weighted by Gasteiger charge is 2.24. The SMILES string of the molecule is CCc1nn(C)c(Cl)c1CN1CCn2nc([C@H](O)c3ccccc3)cc2C1. The Morgan fingerprint density at radius 2 is 1.96 bits per heavy atom. The van der Waals surface area contributed by atoms with Crippen LogP contribution in [0, 0.1) is 0 Å². The fourth-order valence-corrected chi connectivity index (χ4v) is 3.89. The van der Waals surface area contributed by atoms with Crippen LogP contribution in [0.5, 0.6) is 0 Å². The number of hydrogen-bond donors (Lipinski definition) is 1. The van der Waals surface area contributed by atoms with Gasteiger partial charge in [-0.1, -0.05) is 48.9 Å². The first-order valence-electron chi connectivity index (χ1n) is 9.29. The van der Waals surface area contributed by atoms with E-state index in [0.717, 1.165) is 55.1 Å². The molecule has 1 aromatic carbocycles. The van der Waals surface area contributed by atoms with E-state index < -0.39 is 6.10 Å². The summed E-state index contributed by atoms with van der Waals surface area (Å²) in [4.78, 5) is 2.36. The van der Waals surface area contributed by atoms with Crippen LogP contribution >= 0.6 is 11.6 Å². The summed E-state index contributed by atoms with van der Waals surface area (Å²) >= 11 is 6.45. The Balaban J connectivity index is 1.52. The van der Waals surface area contributed by atoms with Crippen molar-refractivity contribution in [2.24, 2.45) is 7.05 Å². The van der Waals surface area contributed by atoms with Gasteiger partial charge in [0.25, 0.3) is 0 Å². The van der Waals surface area contributed by atoms with Crippen molar-refractivity contribution in [1.82, 2.24) is 24.5 Å². The lowest BCUT2D eigenvalue weighted by Gasteiger charge is -2.27. The average molecular weight is 386 g/mol. The highest BCUT2D eigenvalue weighted by Crippen LogP contribution is 2.26. The van der Waals surface area contributed by atoms with E-state index in [1.165, 1.54) is 0 Å². The van der Waals surface area contributed by atoms with Gasteiger partial charge >= 0.3 is 0 Å². The number of aliphatic hydroxyl groups is 1. The molecule has 3 aromatic rings. The molecule has 0 bridgehead atoms. The molecule has 3 heterocycles. The summed E-state index contributed by atoms with van der Waals surface area (Å²) in [6.07, 6.45) is 0.173. The Labute approximate surface area is 164 Å². The predicted octanol–water partition coefficient (Wildman–Crippen LogP) is 2.93. The van der Waals surface area contributed by atoms with Crippen molar-refractivity contribution < 1.29 is 5.11 Å². The fraction of sp³-hybridized carbons (Fsp3) is 0.400. The summed E-state index contributed by atoms with van der Waals surface area (Å²) in [6, 6.07) is 11.7. The van der Waals surface area contributed by atoms with Gasteiger partial charge in [-0.2, -0.15) is 10.2 Å². The molecule has 0 radical (unpaired) electrons. The summed E-state index contributed by atoms with van der Waals surface area (Å²) in [6.45, 7) is 5.35. The molecule has 6 nitrogen and oxygen atoms in total. The number of aryl methyl sites for hydroxylation is 2. The van der Waals surface area contributed by atoms with Gasteiger partial charge in [0.1, 0.15) is 11.3 Å². The summed E-state index contributed by atoms with van der Waals surface area (Å²) in [5.41, 5.74) is 4.84. The number of aliphatic hydroxyl groups excluding tert-OH is 1. The van der Waals surface area contributed by atoms with Crippen LogP contribution in [0.2, 0.25) is 5.15 Å². The minimum absolute atomic E-state index is 0.697. The van der Waals surface area contributed by atoms with Crippen LogP contribution in [0.1, 0.15) is 41.2 Å². The molecule has 0 aliphatic carbocycles. The van der Waals surface area contributed by atoms with Gasteiger partial charge in [-0.15, -0.1) is 0 Å². The predicted molar refractivity (Wildman–Crippen MR) is 104 cm³/mol. The molecule has 1 N–H and O–H groups in total. The van der Waals surface area contributed by atoms with E-state index in [-0.39, 0.29) is 0 Å². The molecular formula is C20H24ClN5O. The van der Waals surface area contributed by atoms with E-state index in [9.17, 15) is 5.11 Å². The Hall–Kier alpha value is -2.15. The van der Waals surface area contributed by atoms with Crippen LogP contribution in [0.3, 0.4) is 0 Å². The minimum atomic E-state index is -0.697. The van der Waals surface area contributed by atoms with Gasteiger partial charge < -0.3 is 5.11 Å². The zero-order valence-electron chi connectivity index (χ0n) is 15.6. The van der Waals surface area contributed by atoms with Crippen LogP contribution in [0.25, 0.3) is 0 Å². The molecular weight excluding hydrogens is 362 g/mol. The molecule has 1 aliphatic rings. The molecule has 7 heteroatoms. The van der Waals surface area contributed by atoms with Crippen molar-refractivity contribution in [3.05, 3.63) is 69.8 Å². The normalized spacial score (nSPS) is 15.7. The lowest BCUT2D eigenvalue weighted by atomic mass is 10.1.